The lowest BCUT2D eigenvalue weighted by Gasteiger charge is -2.07. The minimum atomic E-state index is -0.0584. The van der Waals surface area contributed by atoms with Gasteiger partial charge in [0, 0.05) is 23.5 Å². The molecule has 0 saturated heterocycles. The van der Waals surface area contributed by atoms with E-state index in [2.05, 4.69) is 20.3 Å². The summed E-state index contributed by atoms with van der Waals surface area (Å²) >= 11 is 2.92. The van der Waals surface area contributed by atoms with Gasteiger partial charge in [-0.1, -0.05) is 47.8 Å². The van der Waals surface area contributed by atoms with Crippen molar-refractivity contribution in [2.24, 2.45) is 0 Å². The molecule has 0 saturated carbocycles. The van der Waals surface area contributed by atoms with Gasteiger partial charge in [0.25, 0.3) is 0 Å². The van der Waals surface area contributed by atoms with E-state index in [9.17, 15) is 4.79 Å². The van der Waals surface area contributed by atoms with E-state index in [0.717, 1.165) is 20.6 Å². The Hall–Kier alpha value is -2.38. The summed E-state index contributed by atoms with van der Waals surface area (Å²) in [6.45, 7) is 0.423. The van der Waals surface area contributed by atoms with E-state index in [1.807, 2.05) is 48.5 Å². The van der Waals surface area contributed by atoms with Crippen LogP contribution in [0.4, 0.5) is 0 Å². The lowest BCUT2D eigenvalue weighted by atomic mass is 10.3. The monoisotopic (exact) mass is 368 g/mol. The highest BCUT2D eigenvalue weighted by atomic mass is 32.2. The predicted octanol–water partition coefficient (Wildman–Crippen LogP) is 3.43. The molecule has 0 radical (unpaired) electrons. The van der Waals surface area contributed by atoms with Crippen LogP contribution in [0.5, 0.6) is 0 Å². The lowest BCUT2D eigenvalue weighted by molar-refractivity contribution is -0.118. The van der Waals surface area contributed by atoms with Crippen LogP contribution in [0.2, 0.25) is 0 Å². The van der Waals surface area contributed by atoms with Crippen LogP contribution in [-0.2, 0) is 11.3 Å². The highest BCUT2D eigenvalue weighted by Crippen LogP contribution is 2.32. The number of hydrogen-bond acceptors (Lipinski definition) is 6. The number of pyridine rings is 1. The van der Waals surface area contributed by atoms with E-state index in [1.54, 1.807) is 18.6 Å². The number of hydrogen-bond donors (Lipinski definition) is 1. The fourth-order valence-corrected chi connectivity index (χ4v) is 3.71. The Kier molecular flexibility index (Phi) is 6.42. The highest BCUT2D eigenvalue weighted by molar-refractivity contribution is 8.02. The van der Waals surface area contributed by atoms with Crippen LogP contribution in [0.3, 0.4) is 0 Å². The first-order chi connectivity index (χ1) is 12.3. The first-order valence-corrected chi connectivity index (χ1v) is 9.45. The van der Waals surface area contributed by atoms with Crippen LogP contribution in [0.15, 0.2) is 82.1 Å². The summed E-state index contributed by atoms with van der Waals surface area (Å²) in [5.41, 5.74) is 0.834. The molecule has 0 spiro atoms. The van der Waals surface area contributed by atoms with Crippen molar-refractivity contribution in [3.05, 3.63) is 72.8 Å². The van der Waals surface area contributed by atoms with Gasteiger partial charge >= 0.3 is 0 Å². The fourth-order valence-electron chi connectivity index (χ4n) is 1.96. The molecule has 0 aliphatic carbocycles. The standard InChI is InChI=1S/C18H16N4OS2/c23-16(22-12-14-6-4-5-9-19-14)13-24-17-18(21-11-10-20-17)25-15-7-2-1-3-8-15/h1-11H,12-13H2,(H,22,23). The third-order valence-corrected chi connectivity index (χ3v) is 5.23. The van der Waals surface area contributed by atoms with Gasteiger partial charge in [-0.05, 0) is 24.3 Å². The summed E-state index contributed by atoms with van der Waals surface area (Å²) in [5, 5.41) is 4.42. The Morgan fingerprint density at radius 3 is 2.40 bits per heavy atom. The number of thioether (sulfide) groups is 1. The maximum Gasteiger partial charge on any atom is 0.230 e. The second kappa shape index (κ2) is 9.19. The van der Waals surface area contributed by atoms with Gasteiger partial charge in [0.15, 0.2) is 0 Å². The molecule has 1 N–H and O–H groups in total. The summed E-state index contributed by atoms with van der Waals surface area (Å²) in [4.78, 5) is 26.1. The maximum absolute atomic E-state index is 12.0. The van der Waals surface area contributed by atoms with Gasteiger partial charge in [0.1, 0.15) is 10.1 Å². The van der Waals surface area contributed by atoms with E-state index in [-0.39, 0.29) is 11.7 Å². The van der Waals surface area contributed by atoms with Crippen LogP contribution in [0, 0.1) is 0 Å². The molecule has 0 fully saturated rings. The second-order valence-corrected chi connectivity index (χ2v) is 6.99. The summed E-state index contributed by atoms with van der Waals surface area (Å²) in [7, 11) is 0. The third-order valence-electron chi connectivity index (χ3n) is 3.12. The van der Waals surface area contributed by atoms with Gasteiger partial charge in [-0.2, -0.15) is 0 Å². The molecule has 1 amide bonds. The molecular formula is C18H16N4OS2. The normalized spacial score (nSPS) is 10.4. The zero-order chi connectivity index (χ0) is 17.3. The average molecular weight is 368 g/mol. The van der Waals surface area contributed by atoms with E-state index in [4.69, 9.17) is 0 Å². The molecule has 3 rings (SSSR count). The smallest absolute Gasteiger partial charge is 0.230 e. The summed E-state index contributed by atoms with van der Waals surface area (Å²) < 4.78 is 0. The molecule has 2 heterocycles. The van der Waals surface area contributed by atoms with Gasteiger partial charge in [-0.3, -0.25) is 9.78 Å². The molecule has 3 aromatic rings. The molecule has 2 aromatic heterocycles. The number of carbonyl (C=O) groups is 1. The van der Waals surface area contributed by atoms with Crippen molar-refractivity contribution in [3.63, 3.8) is 0 Å². The zero-order valence-corrected chi connectivity index (χ0v) is 15.0. The van der Waals surface area contributed by atoms with Gasteiger partial charge in [-0.15, -0.1) is 0 Å². The summed E-state index contributed by atoms with van der Waals surface area (Å²) in [6, 6.07) is 15.6. The molecule has 25 heavy (non-hydrogen) atoms. The minimum absolute atomic E-state index is 0.0584. The molecule has 0 atom stereocenters. The quantitative estimate of drug-likeness (QED) is 0.645. The number of nitrogens with one attached hydrogen (secondary N) is 1. The molecule has 0 aliphatic heterocycles. The Morgan fingerprint density at radius 1 is 0.880 bits per heavy atom. The molecule has 5 nitrogen and oxygen atoms in total. The van der Waals surface area contributed by atoms with E-state index < -0.39 is 0 Å². The van der Waals surface area contributed by atoms with Crippen molar-refractivity contribution in [1.29, 1.82) is 0 Å². The van der Waals surface area contributed by atoms with Crippen LogP contribution < -0.4 is 5.32 Å². The fraction of sp³-hybridized carbons (Fsp3) is 0.111. The van der Waals surface area contributed by atoms with E-state index in [1.165, 1.54) is 23.5 Å². The first-order valence-electron chi connectivity index (χ1n) is 7.64. The van der Waals surface area contributed by atoms with Gasteiger partial charge in [0.2, 0.25) is 5.91 Å². The SMILES string of the molecule is O=C(CSc1nccnc1Sc1ccccc1)NCc1ccccn1. The van der Waals surface area contributed by atoms with Crippen molar-refractivity contribution >= 4 is 29.4 Å². The number of aromatic nitrogens is 3. The van der Waals surface area contributed by atoms with Gasteiger partial charge in [-0.25, -0.2) is 9.97 Å². The van der Waals surface area contributed by atoms with Crippen LogP contribution in [-0.4, -0.2) is 26.6 Å². The molecule has 7 heteroatoms. The number of amides is 1. The van der Waals surface area contributed by atoms with Crippen LogP contribution in [0.25, 0.3) is 0 Å². The third kappa shape index (κ3) is 5.58. The van der Waals surface area contributed by atoms with Crippen LogP contribution >= 0.6 is 23.5 Å². The number of rotatable bonds is 7. The molecule has 1 aromatic carbocycles. The van der Waals surface area contributed by atoms with Crippen molar-refractivity contribution in [1.82, 2.24) is 20.3 Å². The molecule has 0 aliphatic rings. The van der Waals surface area contributed by atoms with Gasteiger partial charge in [0.05, 0.1) is 18.0 Å². The zero-order valence-electron chi connectivity index (χ0n) is 13.3. The minimum Gasteiger partial charge on any atom is -0.350 e. The first kappa shape index (κ1) is 17.4. The van der Waals surface area contributed by atoms with Crippen LogP contribution in [0.1, 0.15) is 5.69 Å². The van der Waals surface area contributed by atoms with E-state index in [0.29, 0.717) is 6.54 Å². The van der Waals surface area contributed by atoms with Gasteiger partial charge < -0.3 is 5.32 Å². The second-order valence-electron chi connectivity index (χ2n) is 4.97. The summed E-state index contributed by atoms with van der Waals surface area (Å²) in [6.07, 6.45) is 5.02. The largest absolute Gasteiger partial charge is 0.350 e. The molecule has 0 bridgehead atoms. The average Bonchev–Trinajstić information content (AvgIpc) is 2.67. The molecule has 0 unspecified atom stereocenters. The number of benzene rings is 1. The number of carbonyl (C=O) groups excluding carboxylic acids is 1. The van der Waals surface area contributed by atoms with Crippen molar-refractivity contribution in [2.45, 2.75) is 21.5 Å². The van der Waals surface area contributed by atoms with Crippen molar-refractivity contribution in [2.75, 3.05) is 5.75 Å². The predicted molar refractivity (Wildman–Crippen MR) is 99.4 cm³/mol. The molecule has 126 valence electrons. The Bertz CT molecular complexity index is 816. The topological polar surface area (TPSA) is 67.8 Å². The Balaban J connectivity index is 1.55. The Morgan fingerprint density at radius 2 is 1.64 bits per heavy atom. The highest BCUT2D eigenvalue weighted by Gasteiger charge is 2.10. The van der Waals surface area contributed by atoms with Crippen molar-refractivity contribution in [3.8, 4) is 0 Å². The summed E-state index contributed by atoms with van der Waals surface area (Å²) in [5.74, 6) is 0.227. The molecular weight excluding hydrogens is 352 g/mol. The Labute approximate surface area is 154 Å². The lowest BCUT2D eigenvalue weighted by Crippen LogP contribution is -2.25. The number of nitrogens with zero attached hydrogens (tertiary/aromatic N) is 3. The van der Waals surface area contributed by atoms with Crippen molar-refractivity contribution < 1.29 is 4.79 Å². The maximum atomic E-state index is 12.0. The van der Waals surface area contributed by atoms with E-state index >= 15 is 0 Å².